The molecular weight excluding hydrogens is 232 g/mol. The Morgan fingerprint density at radius 1 is 1.28 bits per heavy atom. The largest absolute Gasteiger partial charge is 0.481 e. The summed E-state index contributed by atoms with van der Waals surface area (Å²) in [5.74, 6) is -0.790. The lowest BCUT2D eigenvalue weighted by atomic mass is 9.66. The minimum atomic E-state index is -0.790. The van der Waals surface area contributed by atoms with Crippen LogP contribution in [0.3, 0.4) is 0 Å². The average Bonchev–Trinajstić information content (AvgIpc) is 2.20. The van der Waals surface area contributed by atoms with Crippen molar-refractivity contribution < 1.29 is 14.7 Å². The molecule has 0 aromatic heterocycles. The summed E-state index contributed by atoms with van der Waals surface area (Å²) in [7, 11) is 0. The van der Waals surface area contributed by atoms with Crippen molar-refractivity contribution in [2.75, 3.05) is 13.1 Å². The Morgan fingerprint density at radius 2 is 1.94 bits per heavy atom. The van der Waals surface area contributed by atoms with E-state index in [4.69, 9.17) is 5.11 Å². The Kier molecular flexibility index (Phi) is 5.19. The summed E-state index contributed by atoms with van der Waals surface area (Å²) in [5, 5.41) is 14.3. The van der Waals surface area contributed by atoms with Crippen molar-refractivity contribution >= 4 is 12.0 Å². The quantitative estimate of drug-likeness (QED) is 0.633. The Balaban J connectivity index is 2.28. The topological polar surface area (TPSA) is 78.4 Å². The van der Waals surface area contributed by atoms with E-state index in [0.29, 0.717) is 13.1 Å². The van der Waals surface area contributed by atoms with Crippen molar-refractivity contribution in [2.24, 2.45) is 5.41 Å². The monoisotopic (exact) mass is 254 g/mol. The molecule has 0 aromatic rings. The van der Waals surface area contributed by atoms with Crippen LogP contribution in [0.4, 0.5) is 4.79 Å². The van der Waals surface area contributed by atoms with Gasteiger partial charge < -0.3 is 15.7 Å². The van der Waals surface area contributed by atoms with Gasteiger partial charge in [0.15, 0.2) is 0 Å². The average molecular weight is 254 g/mol. The summed E-state index contributed by atoms with van der Waals surface area (Å²) >= 11 is 0. The van der Waals surface area contributed by atoms with Crippen molar-refractivity contribution in [1.82, 2.24) is 10.6 Å². The second-order valence-electron chi connectivity index (χ2n) is 5.27. The van der Waals surface area contributed by atoms with Gasteiger partial charge in [0.1, 0.15) is 0 Å². The maximum Gasteiger partial charge on any atom is 0.315 e. The molecule has 0 atom stereocenters. The van der Waals surface area contributed by atoms with Crippen LogP contribution in [-0.4, -0.2) is 30.2 Å². The minimum absolute atomic E-state index is 0.140. The van der Waals surface area contributed by atoms with Crippen LogP contribution >= 0.6 is 0 Å². The molecule has 3 N–H and O–H groups in total. The van der Waals surface area contributed by atoms with E-state index in [1.807, 2.05) is 19.9 Å². The molecule has 102 valence electrons. The minimum Gasteiger partial charge on any atom is -0.481 e. The molecule has 2 amide bonds. The summed E-state index contributed by atoms with van der Waals surface area (Å²) in [6.07, 6.45) is 4.88. The molecule has 0 saturated heterocycles. The number of carboxylic acids is 1. The van der Waals surface area contributed by atoms with Gasteiger partial charge in [-0.25, -0.2) is 4.79 Å². The van der Waals surface area contributed by atoms with Gasteiger partial charge in [-0.3, -0.25) is 4.79 Å². The molecule has 0 spiro atoms. The van der Waals surface area contributed by atoms with Gasteiger partial charge in [0.2, 0.25) is 0 Å². The number of nitrogens with one attached hydrogen (secondary N) is 2. The van der Waals surface area contributed by atoms with Crippen molar-refractivity contribution in [2.45, 2.75) is 39.5 Å². The third-order valence-electron chi connectivity index (χ3n) is 3.34. The summed E-state index contributed by atoms with van der Waals surface area (Å²) in [6.45, 7) is 4.88. The first-order valence-corrected chi connectivity index (χ1v) is 6.30. The molecule has 5 nitrogen and oxygen atoms in total. The van der Waals surface area contributed by atoms with Crippen LogP contribution < -0.4 is 10.6 Å². The van der Waals surface area contributed by atoms with Crippen molar-refractivity contribution in [1.29, 1.82) is 0 Å². The summed E-state index contributed by atoms with van der Waals surface area (Å²) < 4.78 is 0. The predicted octanol–water partition coefficient (Wildman–Crippen LogP) is 1.90. The summed E-state index contributed by atoms with van der Waals surface area (Å²) in [6, 6.07) is -0.232. The van der Waals surface area contributed by atoms with Crippen LogP contribution in [0.15, 0.2) is 11.6 Å². The van der Waals surface area contributed by atoms with E-state index in [1.54, 1.807) is 0 Å². The van der Waals surface area contributed by atoms with Gasteiger partial charge in [0.05, 0.1) is 6.42 Å². The van der Waals surface area contributed by atoms with Crippen LogP contribution in [0.5, 0.6) is 0 Å². The van der Waals surface area contributed by atoms with Crippen molar-refractivity contribution in [3.8, 4) is 0 Å². The van der Waals surface area contributed by atoms with Crippen LogP contribution in [0.2, 0.25) is 0 Å². The van der Waals surface area contributed by atoms with Gasteiger partial charge in [-0.2, -0.15) is 0 Å². The Morgan fingerprint density at radius 3 is 2.39 bits per heavy atom. The molecule has 0 aliphatic heterocycles. The maximum absolute atomic E-state index is 11.5. The Labute approximate surface area is 108 Å². The van der Waals surface area contributed by atoms with Gasteiger partial charge in [0.25, 0.3) is 0 Å². The van der Waals surface area contributed by atoms with Gasteiger partial charge in [-0.1, -0.05) is 18.1 Å². The number of urea groups is 1. The Bertz CT molecular complexity index is 342. The maximum atomic E-state index is 11.5. The van der Waals surface area contributed by atoms with Crippen molar-refractivity contribution in [3.05, 3.63) is 11.6 Å². The normalized spacial score (nSPS) is 16.3. The highest BCUT2D eigenvalue weighted by atomic mass is 16.4. The summed E-state index contributed by atoms with van der Waals surface area (Å²) in [5.41, 5.74) is 0.927. The summed E-state index contributed by atoms with van der Waals surface area (Å²) in [4.78, 5) is 22.3. The molecule has 1 fully saturated rings. The fraction of sp³-hybridized carbons (Fsp3) is 0.692. The lowest BCUT2D eigenvalue weighted by molar-refractivity contribution is -0.141. The highest BCUT2D eigenvalue weighted by molar-refractivity contribution is 5.74. The fourth-order valence-corrected chi connectivity index (χ4v) is 2.09. The number of hydrogen-bond acceptors (Lipinski definition) is 2. The Hall–Kier alpha value is -1.52. The molecule has 0 unspecified atom stereocenters. The second kappa shape index (κ2) is 6.42. The molecule has 1 aliphatic rings. The third kappa shape index (κ3) is 4.77. The van der Waals surface area contributed by atoms with Crippen LogP contribution in [0.1, 0.15) is 39.5 Å². The molecule has 18 heavy (non-hydrogen) atoms. The second-order valence-corrected chi connectivity index (χ2v) is 5.27. The van der Waals surface area contributed by atoms with E-state index in [-0.39, 0.29) is 17.9 Å². The molecule has 0 radical (unpaired) electrons. The number of rotatable bonds is 6. The predicted molar refractivity (Wildman–Crippen MR) is 69.4 cm³/mol. The number of hydrogen-bond donors (Lipinski definition) is 3. The van der Waals surface area contributed by atoms with Crippen LogP contribution in [-0.2, 0) is 4.79 Å². The fourth-order valence-electron chi connectivity index (χ4n) is 2.09. The van der Waals surface area contributed by atoms with Gasteiger partial charge in [-0.05, 0) is 32.1 Å². The van der Waals surface area contributed by atoms with E-state index in [0.717, 1.165) is 24.8 Å². The van der Waals surface area contributed by atoms with Crippen LogP contribution in [0, 0.1) is 5.41 Å². The number of amides is 2. The molecule has 0 aromatic carbocycles. The molecule has 1 rings (SSSR count). The van der Waals surface area contributed by atoms with E-state index in [2.05, 4.69) is 10.6 Å². The number of allylic oxidation sites excluding steroid dienone is 1. The van der Waals surface area contributed by atoms with Gasteiger partial charge >= 0.3 is 12.0 Å². The zero-order valence-electron chi connectivity index (χ0n) is 11.1. The molecular formula is C13H22N2O3. The van der Waals surface area contributed by atoms with E-state index in [9.17, 15) is 9.59 Å². The first-order valence-electron chi connectivity index (χ1n) is 6.30. The molecule has 1 saturated carbocycles. The molecule has 0 bridgehead atoms. The number of aliphatic carboxylic acids is 1. The van der Waals surface area contributed by atoms with Gasteiger partial charge in [0, 0.05) is 13.1 Å². The van der Waals surface area contributed by atoms with Gasteiger partial charge in [-0.15, -0.1) is 0 Å². The first kappa shape index (κ1) is 14.5. The highest BCUT2D eigenvalue weighted by Crippen LogP contribution is 2.43. The molecule has 0 heterocycles. The highest BCUT2D eigenvalue weighted by Gasteiger charge is 2.39. The zero-order valence-corrected chi connectivity index (χ0v) is 11.1. The smallest absolute Gasteiger partial charge is 0.315 e. The van der Waals surface area contributed by atoms with Crippen LogP contribution in [0.25, 0.3) is 0 Å². The number of carbonyl (C=O) groups excluding carboxylic acids is 1. The van der Waals surface area contributed by atoms with E-state index < -0.39 is 5.97 Å². The standard InChI is InChI=1S/C13H22N2O3/c1-10(2)4-7-14-12(18)15-9-13(5-3-6-13)8-11(16)17/h4H,3,5-9H2,1-2H3,(H,16,17)(H2,14,15,18). The lowest BCUT2D eigenvalue weighted by Crippen LogP contribution is -2.46. The van der Waals surface area contributed by atoms with E-state index >= 15 is 0 Å². The third-order valence-corrected chi connectivity index (χ3v) is 3.34. The number of carbonyl (C=O) groups is 2. The zero-order chi connectivity index (χ0) is 13.6. The number of carboxylic acid groups (broad SMARTS) is 1. The first-order chi connectivity index (χ1) is 8.43. The van der Waals surface area contributed by atoms with E-state index in [1.165, 1.54) is 0 Å². The molecule has 5 heteroatoms. The molecule has 1 aliphatic carbocycles. The lowest BCUT2D eigenvalue weighted by Gasteiger charge is -2.40. The SMILES string of the molecule is CC(C)=CCNC(=O)NCC1(CC(=O)O)CCC1. The van der Waals surface area contributed by atoms with Crippen molar-refractivity contribution in [3.63, 3.8) is 0 Å².